The van der Waals surface area contributed by atoms with Crippen molar-refractivity contribution in [2.45, 2.75) is 12.8 Å². The van der Waals surface area contributed by atoms with Crippen molar-refractivity contribution in [2.24, 2.45) is 0 Å². The summed E-state index contributed by atoms with van der Waals surface area (Å²) in [7, 11) is 1.63. The Morgan fingerprint density at radius 1 is 1.00 bits per heavy atom. The first kappa shape index (κ1) is 18.8. The summed E-state index contributed by atoms with van der Waals surface area (Å²) in [5.41, 5.74) is 3.35. The minimum Gasteiger partial charge on any atom is -0.497 e. The van der Waals surface area contributed by atoms with Gasteiger partial charge in [-0.05, 0) is 61.4 Å². The molecule has 0 spiro atoms. The quantitative estimate of drug-likeness (QED) is 0.641. The van der Waals surface area contributed by atoms with E-state index < -0.39 is 0 Å². The van der Waals surface area contributed by atoms with Crippen LogP contribution in [0, 0.1) is 0 Å². The summed E-state index contributed by atoms with van der Waals surface area (Å²) < 4.78 is 5.22. The van der Waals surface area contributed by atoms with Gasteiger partial charge in [-0.25, -0.2) is 4.98 Å². The largest absolute Gasteiger partial charge is 0.497 e. The second-order valence-electron chi connectivity index (χ2n) is 6.98. The maximum atomic E-state index is 12.5. The van der Waals surface area contributed by atoms with Gasteiger partial charge in [-0.1, -0.05) is 6.07 Å². The number of rotatable bonds is 6. The van der Waals surface area contributed by atoms with Gasteiger partial charge in [0.15, 0.2) is 0 Å². The summed E-state index contributed by atoms with van der Waals surface area (Å²) in [4.78, 5) is 19.2. The standard InChI is InChI=1S/C23H24N4O2/c1-29-21-6-4-5-19(15-21)25-22-12-7-17(16-24-22)23(28)26-18-8-10-20(11-9-18)27-13-2-3-14-27/h4-12,15-16H,2-3,13-14H2,1H3,(H,24,25)(H,26,28). The van der Waals surface area contributed by atoms with Gasteiger partial charge >= 0.3 is 0 Å². The Bertz CT molecular complexity index is 965. The molecule has 3 aromatic rings. The maximum absolute atomic E-state index is 12.5. The molecule has 6 nitrogen and oxygen atoms in total. The Labute approximate surface area is 170 Å². The minimum atomic E-state index is -0.181. The van der Waals surface area contributed by atoms with Gasteiger partial charge in [-0.3, -0.25) is 4.79 Å². The van der Waals surface area contributed by atoms with Crippen molar-refractivity contribution in [2.75, 3.05) is 35.7 Å². The average Bonchev–Trinajstić information content (AvgIpc) is 3.30. The van der Waals surface area contributed by atoms with Crippen LogP contribution in [0.5, 0.6) is 5.75 Å². The lowest BCUT2D eigenvalue weighted by Gasteiger charge is -2.17. The number of anilines is 4. The van der Waals surface area contributed by atoms with E-state index in [9.17, 15) is 4.79 Å². The summed E-state index contributed by atoms with van der Waals surface area (Å²) in [5.74, 6) is 1.24. The molecule has 0 unspecified atom stereocenters. The predicted molar refractivity (Wildman–Crippen MR) is 116 cm³/mol. The average molecular weight is 388 g/mol. The number of hydrogen-bond acceptors (Lipinski definition) is 5. The first-order valence-electron chi connectivity index (χ1n) is 9.75. The van der Waals surface area contributed by atoms with E-state index in [0.29, 0.717) is 11.4 Å². The van der Waals surface area contributed by atoms with E-state index >= 15 is 0 Å². The molecule has 4 rings (SSSR count). The molecule has 1 aliphatic rings. The smallest absolute Gasteiger partial charge is 0.257 e. The number of hydrogen-bond donors (Lipinski definition) is 2. The van der Waals surface area contributed by atoms with E-state index in [2.05, 4.69) is 32.7 Å². The fraction of sp³-hybridized carbons (Fsp3) is 0.217. The Hall–Kier alpha value is -3.54. The SMILES string of the molecule is COc1cccc(Nc2ccc(C(=O)Nc3ccc(N4CCCC4)cc3)cn2)c1. The summed E-state index contributed by atoms with van der Waals surface area (Å²) in [5, 5.41) is 6.13. The van der Waals surface area contributed by atoms with Crippen molar-refractivity contribution in [1.82, 2.24) is 4.98 Å². The summed E-state index contributed by atoms with van der Waals surface area (Å²) in [6.45, 7) is 2.21. The van der Waals surface area contributed by atoms with Crippen molar-refractivity contribution in [3.8, 4) is 5.75 Å². The first-order chi connectivity index (χ1) is 14.2. The van der Waals surface area contributed by atoms with Gasteiger partial charge in [-0.15, -0.1) is 0 Å². The molecule has 1 amide bonds. The number of nitrogens with one attached hydrogen (secondary N) is 2. The number of pyridine rings is 1. The molecule has 0 atom stereocenters. The third-order valence-electron chi connectivity index (χ3n) is 4.96. The third kappa shape index (κ3) is 4.66. The number of amides is 1. The molecular formula is C23H24N4O2. The second kappa shape index (κ2) is 8.65. The summed E-state index contributed by atoms with van der Waals surface area (Å²) in [6.07, 6.45) is 4.05. The molecule has 0 bridgehead atoms. The summed E-state index contributed by atoms with van der Waals surface area (Å²) in [6, 6.07) is 19.1. The van der Waals surface area contributed by atoms with E-state index in [0.717, 1.165) is 30.2 Å². The van der Waals surface area contributed by atoms with E-state index in [1.807, 2.05) is 36.4 Å². The van der Waals surface area contributed by atoms with Crippen LogP contribution in [-0.2, 0) is 0 Å². The van der Waals surface area contributed by atoms with Crippen molar-refractivity contribution in [3.63, 3.8) is 0 Å². The van der Waals surface area contributed by atoms with E-state index in [1.165, 1.54) is 18.5 Å². The maximum Gasteiger partial charge on any atom is 0.257 e. The Kier molecular flexibility index (Phi) is 5.61. The van der Waals surface area contributed by atoms with Crippen LogP contribution in [-0.4, -0.2) is 31.1 Å². The zero-order valence-electron chi connectivity index (χ0n) is 16.4. The van der Waals surface area contributed by atoms with Crippen molar-refractivity contribution in [1.29, 1.82) is 0 Å². The number of carbonyl (C=O) groups is 1. The highest BCUT2D eigenvalue weighted by Gasteiger charge is 2.12. The van der Waals surface area contributed by atoms with Crippen LogP contribution >= 0.6 is 0 Å². The van der Waals surface area contributed by atoms with E-state index in [1.54, 1.807) is 25.4 Å². The van der Waals surface area contributed by atoms with Gasteiger partial charge in [0.05, 0.1) is 12.7 Å². The van der Waals surface area contributed by atoms with Crippen molar-refractivity contribution < 1.29 is 9.53 Å². The molecule has 29 heavy (non-hydrogen) atoms. The molecule has 2 N–H and O–H groups in total. The van der Waals surface area contributed by atoms with Gasteiger partial charge < -0.3 is 20.3 Å². The molecule has 1 aliphatic heterocycles. The van der Waals surface area contributed by atoms with Gasteiger partial charge in [-0.2, -0.15) is 0 Å². The van der Waals surface area contributed by atoms with Gasteiger partial charge in [0.1, 0.15) is 11.6 Å². The lowest BCUT2D eigenvalue weighted by atomic mass is 10.2. The van der Waals surface area contributed by atoms with Crippen molar-refractivity contribution >= 4 is 28.8 Å². The summed E-state index contributed by atoms with van der Waals surface area (Å²) >= 11 is 0. The molecule has 0 aliphatic carbocycles. The molecule has 1 saturated heterocycles. The number of aromatic nitrogens is 1. The van der Waals surface area contributed by atoms with Crippen LogP contribution in [0.15, 0.2) is 66.9 Å². The number of carbonyl (C=O) groups excluding carboxylic acids is 1. The van der Waals surface area contributed by atoms with E-state index in [4.69, 9.17) is 4.74 Å². The number of ether oxygens (including phenoxy) is 1. The van der Waals surface area contributed by atoms with Crippen LogP contribution in [0.4, 0.5) is 22.9 Å². The van der Waals surface area contributed by atoms with Gasteiger partial charge in [0.25, 0.3) is 5.91 Å². The third-order valence-corrected chi connectivity index (χ3v) is 4.96. The van der Waals surface area contributed by atoms with Crippen LogP contribution < -0.4 is 20.3 Å². The predicted octanol–water partition coefficient (Wildman–Crippen LogP) is 4.69. The molecular weight excluding hydrogens is 364 g/mol. The molecule has 0 radical (unpaired) electrons. The lowest BCUT2D eigenvalue weighted by molar-refractivity contribution is 0.102. The number of methoxy groups -OCH3 is 1. The van der Waals surface area contributed by atoms with Crippen molar-refractivity contribution in [3.05, 3.63) is 72.4 Å². The normalized spacial score (nSPS) is 13.2. The molecule has 6 heteroatoms. The number of benzene rings is 2. The second-order valence-corrected chi connectivity index (χ2v) is 6.98. The highest BCUT2D eigenvalue weighted by atomic mass is 16.5. The van der Waals surface area contributed by atoms with Crippen LogP contribution in [0.2, 0.25) is 0 Å². The molecule has 0 saturated carbocycles. The van der Waals surface area contributed by atoms with Gasteiger partial charge in [0.2, 0.25) is 0 Å². The molecule has 148 valence electrons. The van der Waals surface area contributed by atoms with Crippen LogP contribution in [0.25, 0.3) is 0 Å². The zero-order chi connectivity index (χ0) is 20.1. The van der Waals surface area contributed by atoms with Crippen LogP contribution in [0.3, 0.4) is 0 Å². The Balaban J connectivity index is 1.37. The van der Waals surface area contributed by atoms with E-state index in [-0.39, 0.29) is 5.91 Å². The monoisotopic (exact) mass is 388 g/mol. The lowest BCUT2D eigenvalue weighted by Crippen LogP contribution is -2.17. The fourth-order valence-corrected chi connectivity index (χ4v) is 3.39. The molecule has 1 fully saturated rings. The zero-order valence-corrected chi connectivity index (χ0v) is 16.4. The molecule has 1 aromatic heterocycles. The fourth-order valence-electron chi connectivity index (χ4n) is 3.39. The number of nitrogens with zero attached hydrogens (tertiary/aromatic N) is 2. The highest BCUT2D eigenvalue weighted by molar-refractivity contribution is 6.04. The van der Waals surface area contributed by atoms with Crippen LogP contribution in [0.1, 0.15) is 23.2 Å². The van der Waals surface area contributed by atoms with Gasteiger partial charge in [0, 0.05) is 42.4 Å². The Morgan fingerprint density at radius 3 is 2.48 bits per heavy atom. The minimum absolute atomic E-state index is 0.181. The molecule has 2 heterocycles. The Morgan fingerprint density at radius 2 is 1.79 bits per heavy atom. The molecule has 2 aromatic carbocycles. The highest BCUT2D eigenvalue weighted by Crippen LogP contribution is 2.23. The first-order valence-corrected chi connectivity index (χ1v) is 9.75. The topological polar surface area (TPSA) is 66.5 Å².